The fraction of sp³-hybridized carbons (Fsp3) is 0.667. The predicted molar refractivity (Wildman–Crippen MR) is 127 cm³/mol. The molecule has 1 saturated heterocycles. The fourth-order valence-electron chi connectivity index (χ4n) is 3.53. The normalized spacial score (nSPS) is 21.0. The van der Waals surface area contributed by atoms with Crippen molar-refractivity contribution in [3.05, 3.63) is 29.8 Å². The highest BCUT2D eigenvalue weighted by molar-refractivity contribution is 14.0. The smallest absolute Gasteiger partial charge is 0.191 e. The van der Waals surface area contributed by atoms with Gasteiger partial charge in [0, 0.05) is 38.8 Å². The van der Waals surface area contributed by atoms with Crippen LogP contribution in [0.2, 0.25) is 0 Å². The molecule has 0 bridgehead atoms. The zero-order valence-electron chi connectivity index (χ0n) is 18.1. The molecule has 6 nitrogen and oxygen atoms in total. The minimum Gasteiger partial charge on any atom is -0.496 e. The number of hydrogen-bond acceptors (Lipinski definition) is 4. The summed E-state index contributed by atoms with van der Waals surface area (Å²) in [6, 6.07) is 8.12. The number of guanidine groups is 1. The van der Waals surface area contributed by atoms with Gasteiger partial charge in [0.1, 0.15) is 5.75 Å². The Labute approximate surface area is 187 Å². The lowest BCUT2D eigenvalue weighted by atomic mass is 10.00. The third-order valence-electron chi connectivity index (χ3n) is 5.07. The summed E-state index contributed by atoms with van der Waals surface area (Å²) in [6.45, 7) is 12.4. The van der Waals surface area contributed by atoms with E-state index in [1.807, 2.05) is 25.2 Å². The summed E-state index contributed by atoms with van der Waals surface area (Å²) in [4.78, 5) is 6.86. The Kier molecular flexibility index (Phi) is 10.5. The van der Waals surface area contributed by atoms with Crippen LogP contribution in [-0.4, -0.2) is 68.9 Å². The molecule has 0 amide bonds. The van der Waals surface area contributed by atoms with E-state index in [9.17, 15) is 0 Å². The molecule has 28 heavy (non-hydrogen) atoms. The number of hydrogen-bond donors (Lipinski definition) is 2. The maximum Gasteiger partial charge on any atom is 0.191 e. The molecule has 2 unspecified atom stereocenters. The van der Waals surface area contributed by atoms with Crippen LogP contribution in [0.15, 0.2) is 29.3 Å². The fourth-order valence-corrected chi connectivity index (χ4v) is 3.53. The van der Waals surface area contributed by atoms with Crippen LogP contribution in [0.25, 0.3) is 0 Å². The Morgan fingerprint density at radius 3 is 2.46 bits per heavy atom. The maximum absolute atomic E-state index is 5.86. The second-order valence-electron chi connectivity index (χ2n) is 7.89. The van der Waals surface area contributed by atoms with E-state index in [2.05, 4.69) is 54.3 Å². The quantitative estimate of drug-likeness (QED) is 0.340. The molecule has 0 aliphatic carbocycles. The summed E-state index contributed by atoms with van der Waals surface area (Å²) in [5.41, 5.74) is 1.21. The van der Waals surface area contributed by atoms with Crippen molar-refractivity contribution in [1.82, 2.24) is 15.5 Å². The summed E-state index contributed by atoms with van der Waals surface area (Å²) >= 11 is 0. The minimum atomic E-state index is 0. The van der Waals surface area contributed by atoms with Gasteiger partial charge in [-0.25, -0.2) is 0 Å². The van der Waals surface area contributed by atoms with Crippen molar-refractivity contribution in [2.45, 2.75) is 51.9 Å². The molecule has 0 radical (unpaired) electrons. The van der Waals surface area contributed by atoms with Gasteiger partial charge in [0.05, 0.1) is 19.3 Å². The van der Waals surface area contributed by atoms with Crippen LogP contribution in [0.4, 0.5) is 0 Å². The van der Waals surface area contributed by atoms with E-state index in [0.29, 0.717) is 0 Å². The van der Waals surface area contributed by atoms with Crippen molar-refractivity contribution < 1.29 is 9.47 Å². The molecule has 1 aromatic carbocycles. The van der Waals surface area contributed by atoms with Crippen molar-refractivity contribution in [2.75, 3.05) is 40.3 Å². The molecular weight excluding hydrogens is 467 g/mol. The highest BCUT2D eigenvalue weighted by Gasteiger charge is 2.33. The summed E-state index contributed by atoms with van der Waals surface area (Å²) in [6.07, 6.45) is 1.42. The third kappa shape index (κ3) is 7.40. The van der Waals surface area contributed by atoms with Gasteiger partial charge < -0.3 is 20.1 Å². The Bertz CT molecular complexity index is 614. The molecule has 0 saturated carbocycles. The van der Waals surface area contributed by atoms with E-state index in [0.717, 1.165) is 44.3 Å². The Hall–Kier alpha value is -1.06. The zero-order valence-corrected chi connectivity index (χ0v) is 20.4. The monoisotopic (exact) mass is 504 g/mol. The van der Waals surface area contributed by atoms with E-state index in [1.165, 1.54) is 5.56 Å². The van der Waals surface area contributed by atoms with Gasteiger partial charge in [-0.2, -0.15) is 0 Å². The molecule has 1 aliphatic heterocycles. The van der Waals surface area contributed by atoms with Gasteiger partial charge in [0.25, 0.3) is 0 Å². The van der Waals surface area contributed by atoms with Gasteiger partial charge in [-0.15, -0.1) is 24.0 Å². The molecule has 1 heterocycles. The van der Waals surface area contributed by atoms with Gasteiger partial charge >= 0.3 is 0 Å². The van der Waals surface area contributed by atoms with Crippen LogP contribution in [0.1, 0.15) is 33.3 Å². The lowest BCUT2D eigenvalue weighted by Gasteiger charge is -2.45. The topological polar surface area (TPSA) is 58.1 Å². The minimum absolute atomic E-state index is 0. The van der Waals surface area contributed by atoms with Crippen LogP contribution in [0.5, 0.6) is 5.75 Å². The Morgan fingerprint density at radius 1 is 1.21 bits per heavy atom. The van der Waals surface area contributed by atoms with Gasteiger partial charge in [0.15, 0.2) is 5.96 Å². The van der Waals surface area contributed by atoms with Gasteiger partial charge in [-0.05, 0) is 45.7 Å². The number of rotatable bonds is 7. The number of nitrogens with zero attached hydrogens (tertiary/aromatic N) is 2. The molecule has 2 rings (SSSR count). The molecular formula is C21H37IN4O2. The molecule has 0 aromatic heterocycles. The molecule has 7 heteroatoms. The van der Waals surface area contributed by atoms with Crippen LogP contribution < -0.4 is 15.4 Å². The van der Waals surface area contributed by atoms with Gasteiger partial charge in [-0.1, -0.05) is 18.2 Å². The van der Waals surface area contributed by atoms with E-state index >= 15 is 0 Å². The SMILES string of the molecule is CN=C(NCCc1ccccc1OC)NCC(C)(C)N1CC(C)OC(C)C1.I. The van der Waals surface area contributed by atoms with Crippen LogP contribution in [-0.2, 0) is 11.2 Å². The summed E-state index contributed by atoms with van der Waals surface area (Å²) in [5.74, 6) is 1.76. The number of benzene rings is 1. The first-order valence-electron chi connectivity index (χ1n) is 9.82. The average molecular weight is 504 g/mol. The third-order valence-corrected chi connectivity index (χ3v) is 5.07. The molecule has 1 aliphatic rings. The molecule has 1 fully saturated rings. The highest BCUT2D eigenvalue weighted by Crippen LogP contribution is 2.20. The van der Waals surface area contributed by atoms with E-state index in [4.69, 9.17) is 9.47 Å². The van der Waals surface area contributed by atoms with E-state index in [1.54, 1.807) is 7.11 Å². The first-order valence-corrected chi connectivity index (χ1v) is 9.82. The second-order valence-corrected chi connectivity index (χ2v) is 7.89. The summed E-state index contributed by atoms with van der Waals surface area (Å²) < 4.78 is 11.3. The van der Waals surface area contributed by atoms with Crippen molar-refractivity contribution in [1.29, 1.82) is 0 Å². The van der Waals surface area contributed by atoms with Crippen molar-refractivity contribution >= 4 is 29.9 Å². The van der Waals surface area contributed by atoms with Crippen molar-refractivity contribution in [3.8, 4) is 5.75 Å². The Morgan fingerprint density at radius 2 is 1.86 bits per heavy atom. The number of halogens is 1. The molecule has 0 spiro atoms. The van der Waals surface area contributed by atoms with Crippen LogP contribution >= 0.6 is 24.0 Å². The van der Waals surface area contributed by atoms with Crippen molar-refractivity contribution in [2.24, 2.45) is 4.99 Å². The number of morpholine rings is 1. The molecule has 1 aromatic rings. The Balaban J connectivity index is 0.00000392. The average Bonchev–Trinajstić information content (AvgIpc) is 2.64. The largest absolute Gasteiger partial charge is 0.496 e. The zero-order chi connectivity index (χ0) is 19.9. The van der Waals surface area contributed by atoms with Gasteiger partial charge in [0.2, 0.25) is 0 Å². The lowest BCUT2D eigenvalue weighted by Crippen LogP contribution is -2.59. The van der Waals surface area contributed by atoms with E-state index in [-0.39, 0.29) is 41.7 Å². The first-order chi connectivity index (χ1) is 12.9. The van der Waals surface area contributed by atoms with Crippen LogP contribution in [0, 0.1) is 0 Å². The summed E-state index contributed by atoms with van der Waals surface area (Å²) in [7, 11) is 3.52. The predicted octanol–water partition coefficient (Wildman–Crippen LogP) is 2.91. The number of methoxy groups -OCH3 is 1. The molecule has 2 atom stereocenters. The van der Waals surface area contributed by atoms with Crippen LogP contribution in [0.3, 0.4) is 0 Å². The number of ether oxygens (including phenoxy) is 2. The standard InChI is InChI=1S/C21H36N4O2.HI/c1-16-13-25(14-17(2)27-16)21(3,4)15-24-20(22-5)23-12-11-18-9-7-8-10-19(18)26-6;/h7-10,16-17H,11-15H2,1-6H3,(H2,22,23,24);1H. The molecule has 160 valence electrons. The summed E-state index contributed by atoms with van der Waals surface area (Å²) in [5, 5.41) is 6.88. The van der Waals surface area contributed by atoms with Crippen molar-refractivity contribution in [3.63, 3.8) is 0 Å². The van der Waals surface area contributed by atoms with Gasteiger partial charge in [-0.3, -0.25) is 9.89 Å². The number of aliphatic imine (C=N–C) groups is 1. The highest BCUT2D eigenvalue weighted by atomic mass is 127. The molecule has 2 N–H and O–H groups in total. The number of nitrogens with one attached hydrogen (secondary N) is 2. The second kappa shape index (κ2) is 11.8. The van der Waals surface area contributed by atoms with E-state index < -0.39 is 0 Å². The maximum atomic E-state index is 5.86. The lowest BCUT2D eigenvalue weighted by molar-refractivity contribution is -0.0946. The number of para-hydroxylation sites is 1. The first kappa shape index (κ1) is 25.0.